The molecule has 0 amide bonds. The maximum atomic E-state index is 12.9. The van der Waals surface area contributed by atoms with Crippen LogP contribution in [0.25, 0.3) is 11.3 Å². The Kier molecular flexibility index (Phi) is 4.47. The van der Waals surface area contributed by atoms with Gasteiger partial charge in [-0.3, -0.25) is 14.8 Å². The van der Waals surface area contributed by atoms with Crippen LogP contribution >= 0.6 is 11.3 Å². The zero-order valence-electron chi connectivity index (χ0n) is 12.4. The number of non-ortho nitro benzene ring substituents is 1. The fourth-order valence-electron chi connectivity index (χ4n) is 1.99. The van der Waals surface area contributed by atoms with Crippen LogP contribution in [0.4, 0.5) is 15.2 Å². The minimum absolute atomic E-state index is 0.114. The summed E-state index contributed by atoms with van der Waals surface area (Å²) in [4.78, 5) is 14.1. The molecule has 25 heavy (non-hydrogen) atoms. The van der Waals surface area contributed by atoms with Crippen molar-refractivity contribution in [1.29, 1.82) is 0 Å². The predicted molar refractivity (Wildman–Crippen MR) is 91.4 cm³/mol. The summed E-state index contributed by atoms with van der Waals surface area (Å²) in [5.41, 5.74) is 0.955. The number of nitro groups is 1. The first-order valence-electron chi connectivity index (χ1n) is 6.84. The van der Waals surface area contributed by atoms with Crippen molar-refractivity contribution in [2.75, 3.05) is 4.72 Å². The number of nitrogens with zero attached hydrogens (tertiary/aromatic N) is 2. The van der Waals surface area contributed by atoms with E-state index in [1.54, 1.807) is 17.5 Å². The molecular weight excluding hydrogens is 369 g/mol. The van der Waals surface area contributed by atoms with E-state index < -0.39 is 14.9 Å². The molecule has 0 radical (unpaired) electrons. The number of sulfonamides is 1. The maximum Gasteiger partial charge on any atom is 0.269 e. The van der Waals surface area contributed by atoms with Crippen LogP contribution in [0.1, 0.15) is 0 Å². The van der Waals surface area contributed by atoms with Crippen LogP contribution in [0, 0.1) is 15.9 Å². The Morgan fingerprint density at radius 3 is 2.32 bits per heavy atom. The quantitative estimate of drug-likeness (QED) is 0.538. The van der Waals surface area contributed by atoms with E-state index in [9.17, 15) is 22.9 Å². The monoisotopic (exact) mass is 379 g/mol. The Hall–Kier alpha value is -2.85. The van der Waals surface area contributed by atoms with Gasteiger partial charge >= 0.3 is 0 Å². The van der Waals surface area contributed by atoms with Crippen LogP contribution in [0.2, 0.25) is 0 Å². The molecule has 0 aliphatic heterocycles. The smallest absolute Gasteiger partial charge is 0.258 e. The van der Waals surface area contributed by atoms with Gasteiger partial charge in [-0.05, 0) is 36.4 Å². The number of halogens is 1. The zero-order chi connectivity index (χ0) is 18.0. The number of benzene rings is 2. The largest absolute Gasteiger partial charge is 0.269 e. The lowest BCUT2D eigenvalue weighted by atomic mass is 10.2. The van der Waals surface area contributed by atoms with Crippen LogP contribution in [-0.4, -0.2) is 18.3 Å². The molecule has 0 aliphatic rings. The van der Waals surface area contributed by atoms with Crippen molar-refractivity contribution in [3.63, 3.8) is 0 Å². The number of aromatic nitrogens is 1. The van der Waals surface area contributed by atoms with Crippen LogP contribution < -0.4 is 4.72 Å². The highest BCUT2D eigenvalue weighted by molar-refractivity contribution is 7.93. The lowest BCUT2D eigenvalue weighted by Gasteiger charge is -2.04. The molecule has 2 aromatic carbocycles. The Labute approximate surface area is 146 Å². The minimum atomic E-state index is -3.92. The van der Waals surface area contributed by atoms with E-state index in [0.29, 0.717) is 11.3 Å². The third-order valence-electron chi connectivity index (χ3n) is 3.22. The number of hydrogen-bond donors (Lipinski definition) is 1. The van der Waals surface area contributed by atoms with Crippen LogP contribution in [0.3, 0.4) is 0 Å². The molecule has 3 aromatic rings. The zero-order valence-corrected chi connectivity index (χ0v) is 14.1. The van der Waals surface area contributed by atoms with Crippen molar-refractivity contribution < 1.29 is 17.7 Å². The number of nitrogens with one attached hydrogen (secondary N) is 1. The molecule has 0 saturated carbocycles. The standard InChI is InChI=1S/C15H10FN3O4S2/c16-11-3-1-10(2-4-11)14-9-24-15(17-14)18-25(22,23)13-7-5-12(6-8-13)19(20)21/h1-9H,(H,17,18). The van der Waals surface area contributed by atoms with Crippen LogP contribution in [-0.2, 0) is 10.0 Å². The third-order valence-corrected chi connectivity index (χ3v) is 5.47. The second kappa shape index (κ2) is 6.57. The van der Waals surface area contributed by atoms with Gasteiger partial charge in [-0.15, -0.1) is 11.3 Å². The number of nitro benzene ring substituents is 1. The average molecular weight is 379 g/mol. The van der Waals surface area contributed by atoms with E-state index in [4.69, 9.17) is 0 Å². The first-order chi connectivity index (χ1) is 11.8. The molecule has 7 nitrogen and oxygen atoms in total. The molecule has 0 bridgehead atoms. The summed E-state index contributed by atoms with van der Waals surface area (Å²) in [6.45, 7) is 0. The van der Waals surface area contributed by atoms with Crippen LogP contribution in [0.5, 0.6) is 0 Å². The fraction of sp³-hybridized carbons (Fsp3) is 0. The highest BCUT2D eigenvalue weighted by Gasteiger charge is 2.18. The Morgan fingerprint density at radius 1 is 1.08 bits per heavy atom. The molecule has 1 N–H and O–H groups in total. The Bertz CT molecular complexity index is 1020. The van der Waals surface area contributed by atoms with Gasteiger partial charge in [0, 0.05) is 23.1 Å². The number of hydrogen-bond acceptors (Lipinski definition) is 6. The van der Waals surface area contributed by atoms with E-state index in [-0.39, 0.29) is 21.5 Å². The number of anilines is 1. The molecule has 0 fully saturated rings. The normalized spacial score (nSPS) is 11.2. The minimum Gasteiger partial charge on any atom is -0.258 e. The van der Waals surface area contributed by atoms with Crippen molar-refractivity contribution in [1.82, 2.24) is 4.98 Å². The summed E-state index contributed by atoms with van der Waals surface area (Å²) < 4.78 is 39.9. The first kappa shape index (κ1) is 17.0. The molecule has 1 heterocycles. The molecule has 0 aliphatic carbocycles. The van der Waals surface area contributed by atoms with Gasteiger partial charge in [0.1, 0.15) is 5.82 Å². The number of rotatable bonds is 5. The van der Waals surface area contributed by atoms with E-state index in [1.165, 1.54) is 12.1 Å². The van der Waals surface area contributed by atoms with Gasteiger partial charge < -0.3 is 0 Å². The predicted octanol–water partition coefficient (Wildman–Crippen LogP) is 3.66. The van der Waals surface area contributed by atoms with E-state index in [1.807, 2.05) is 0 Å². The molecule has 0 saturated heterocycles. The lowest BCUT2D eigenvalue weighted by molar-refractivity contribution is -0.384. The summed E-state index contributed by atoms with van der Waals surface area (Å²) in [5, 5.41) is 12.4. The Balaban J connectivity index is 1.81. The third kappa shape index (κ3) is 3.80. The SMILES string of the molecule is O=[N+]([O-])c1ccc(S(=O)(=O)Nc2nc(-c3ccc(F)cc3)cs2)cc1. The van der Waals surface area contributed by atoms with Gasteiger partial charge in [0.25, 0.3) is 15.7 Å². The van der Waals surface area contributed by atoms with Gasteiger partial charge in [-0.1, -0.05) is 0 Å². The molecule has 0 spiro atoms. The van der Waals surface area contributed by atoms with Gasteiger partial charge in [-0.2, -0.15) is 0 Å². The second-order valence-corrected chi connectivity index (χ2v) is 7.44. The second-order valence-electron chi connectivity index (χ2n) is 4.90. The topological polar surface area (TPSA) is 102 Å². The van der Waals surface area contributed by atoms with Crippen molar-refractivity contribution in [2.45, 2.75) is 4.90 Å². The van der Waals surface area contributed by atoms with Crippen molar-refractivity contribution >= 4 is 32.2 Å². The summed E-state index contributed by atoms with van der Waals surface area (Å²) >= 11 is 1.07. The highest BCUT2D eigenvalue weighted by atomic mass is 32.2. The average Bonchev–Trinajstić information content (AvgIpc) is 3.03. The Morgan fingerprint density at radius 2 is 1.72 bits per heavy atom. The maximum absolute atomic E-state index is 12.9. The summed E-state index contributed by atoms with van der Waals surface area (Å²) in [5.74, 6) is -0.377. The van der Waals surface area contributed by atoms with E-state index in [0.717, 1.165) is 35.6 Å². The summed E-state index contributed by atoms with van der Waals surface area (Å²) in [6.07, 6.45) is 0. The van der Waals surface area contributed by atoms with E-state index in [2.05, 4.69) is 9.71 Å². The van der Waals surface area contributed by atoms with Gasteiger partial charge in [0.15, 0.2) is 5.13 Å². The van der Waals surface area contributed by atoms with Crippen LogP contribution in [0.15, 0.2) is 58.8 Å². The highest BCUT2D eigenvalue weighted by Crippen LogP contribution is 2.27. The molecular formula is C15H10FN3O4S2. The summed E-state index contributed by atoms with van der Waals surface area (Å²) in [6, 6.07) is 10.2. The lowest BCUT2D eigenvalue weighted by Crippen LogP contribution is -2.12. The fourth-order valence-corrected chi connectivity index (χ4v) is 3.97. The van der Waals surface area contributed by atoms with Crippen molar-refractivity contribution in [2.24, 2.45) is 0 Å². The molecule has 1 aromatic heterocycles. The molecule has 10 heteroatoms. The molecule has 0 atom stereocenters. The molecule has 3 rings (SSSR count). The van der Waals surface area contributed by atoms with Crippen molar-refractivity contribution in [3.05, 3.63) is 69.8 Å². The summed E-state index contributed by atoms with van der Waals surface area (Å²) in [7, 11) is -3.92. The van der Waals surface area contributed by atoms with Gasteiger partial charge in [0.2, 0.25) is 0 Å². The number of thiazole rings is 1. The molecule has 128 valence electrons. The van der Waals surface area contributed by atoms with Gasteiger partial charge in [-0.25, -0.2) is 17.8 Å². The van der Waals surface area contributed by atoms with E-state index >= 15 is 0 Å². The van der Waals surface area contributed by atoms with Crippen molar-refractivity contribution in [3.8, 4) is 11.3 Å². The van der Waals surface area contributed by atoms with Gasteiger partial charge in [0.05, 0.1) is 15.5 Å². The first-order valence-corrected chi connectivity index (χ1v) is 9.20. The molecule has 0 unspecified atom stereocenters.